The van der Waals surface area contributed by atoms with E-state index in [1.807, 2.05) is 25.6 Å². The molecule has 4 nitrogen and oxygen atoms in total. The molecule has 0 aromatic carbocycles. The fourth-order valence-electron chi connectivity index (χ4n) is 3.17. The SMILES string of the molecule is Cc1nn(C)c(C)c1CC(=O)N1CCC[C@@H]1c1cccs1. The topological polar surface area (TPSA) is 38.1 Å². The van der Waals surface area contributed by atoms with Crippen molar-refractivity contribution < 1.29 is 4.79 Å². The second-order valence-corrected chi connectivity index (χ2v) is 6.69. The fourth-order valence-corrected chi connectivity index (χ4v) is 4.04. The maximum absolute atomic E-state index is 12.7. The lowest BCUT2D eigenvalue weighted by Crippen LogP contribution is -2.31. The smallest absolute Gasteiger partial charge is 0.227 e. The van der Waals surface area contributed by atoms with E-state index < -0.39 is 0 Å². The Hall–Kier alpha value is -1.62. The van der Waals surface area contributed by atoms with E-state index in [0.717, 1.165) is 36.3 Å². The molecule has 0 N–H and O–H groups in total. The van der Waals surface area contributed by atoms with Crippen molar-refractivity contribution in [3.63, 3.8) is 0 Å². The number of carbonyl (C=O) groups is 1. The Kier molecular flexibility index (Phi) is 3.85. The lowest BCUT2D eigenvalue weighted by atomic mass is 10.1. The number of hydrogen-bond acceptors (Lipinski definition) is 3. The van der Waals surface area contributed by atoms with Crippen LogP contribution in [0.5, 0.6) is 0 Å². The third kappa shape index (κ3) is 2.62. The summed E-state index contributed by atoms with van der Waals surface area (Å²) in [6, 6.07) is 4.48. The van der Waals surface area contributed by atoms with Crippen molar-refractivity contribution in [1.29, 1.82) is 0 Å². The molecule has 1 amide bonds. The number of carbonyl (C=O) groups excluding carboxylic acids is 1. The summed E-state index contributed by atoms with van der Waals surface area (Å²) in [5.41, 5.74) is 3.14. The van der Waals surface area contributed by atoms with Crippen LogP contribution in [0.2, 0.25) is 0 Å². The Labute approximate surface area is 129 Å². The molecule has 0 bridgehead atoms. The van der Waals surface area contributed by atoms with Crippen molar-refractivity contribution in [2.75, 3.05) is 6.54 Å². The quantitative estimate of drug-likeness (QED) is 0.874. The summed E-state index contributed by atoms with van der Waals surface area (Å²) in [6.45, 7) is 4.89. The first-order valence-electron chi connectivity index (χ1n) is 7.40. The van der Waals surface area contributed by atoms with E-state index in [0.29, 0.717) is 6.42 Å². The first-order valence-corrected chi connectivity index (χ1v) is 8.28. The summed E-state index contributed by atoms with van der Waals surface area (Å²) in [6.07, 6.45) is 2.64. The van der Waals surface area contributed by atoms with Crippen LogP contribution in [0.4, 0.5) is 0 Å². The highest BCUT2D eigenvalue weighted by atomic mass is 32.1. The lowest BCUT2D eigenvalue weighted by molar-refractivity contribution is -0.131. The van der Waals surface area contributed by atoms with Gasteiger partial charge in [-0.15, -0.1) is 11.3 Å². The van der Waals surface area contributed by atoms with Crippen LogP contribution in [0.1, 0.15) is 40.7 Å². The summed E-state index contributed by atoms with van der Waals surface area (Å²) in [5.74, 6) is 0.227. The summed E-state index contributed by atoms with van der Waals surface area (Å²) >= 11 is 1.75. The van der Waals surface area contributed by atoms with E-state index in [2.05, 4.69) is 27.5 Å². The van der Waals surface area contributed by atoms with Gasteiger partial charge in [0.15, 0.2) is 0 Å². The summed E-state index contributed by atoms with van der Waals surface area (Å²) in [7, 11) is 1.93. The molecular formula is C16H21N3OS. The number of hydrogen-bond donors (Lipinski definition) is 0. The van der Waals surface area contributed by atoms with Crippen LogP contribution in [0.15, 0.2) is 17.5 Å². The van der Waals surface area contributed by atoms with Crippen LogP contribution in [0, 0.1) is 13.8 Å². The summed E-state index contributed by atoms with van der Waals surface area (Å²) in [5, 5.41) is 6.50. The molecule has 3 rings (SSSR count). The lowest BCUT2D eigenvalue weighted by Gasteiger charge is -2.24. The predicted octanol–water partition coefficient (Wildman–Crippen LogP) is 3.00. The van der Waals surface area contributed by atoms with Crippen LogP contribution in [0.25, 0.3) is 0 Å². The molecule has 2 aromatic rings. The molecule has 1 aliphatic rings. The molecule has 0 saturated carbocycles. The molecule has 3 heterocycles. The highest BCUT2D eigenvalue weighted by Gasteiger charge is 2.31. The van der Waals surface area contributed by atoms with Gasteiger partial charge >= 0.3 is 0 Å². The van der Waals surface area contributed by atoms with Crippen LogP contribution < -0.4 is 0 Å². The average molecular weight is 303 g/mol. The van der Waals surface area contributed by atoms with E-state index in [4.69, 9.17) is 0 Å². The third-order valence-corrected chi connectivity index (χ3v) is 5.41. The normalized spacial score (nSPS) is 18.4. The van der Waals surface area contributed by atoms with Crippen molar-refractivity contribution >= 4 is 17.2 Å². The number of likely N-dealkylation sites (tertiary alicyclic amines) is 1. The molecule has 0 radical (unpaired) electrons. The van der Waals surface area contributed by atoms with E-state index in [9.17, 15) is 4.79 Å². The molecule has 1 aliphatic heterocycles. The second-order valence-electron chi connectivity index (χ2n) is 5.71. The van der Waals surface area contributed by atoms with Gasteiger partial charge in [0.2, 0.25) is 5.91 Å². The Bertz CT molecular complexity index is 645. The van der Waals surface area contributed by atoms with Crippen LogP contribution >= 0.6 is 11.3 Å². The van der Waals surface area contributed by atoms with Gasteiger partial charge < -0.3 is 4.90 Å². The Morgan fingerprint density at radius 3 is 2.90 bits per heavy atom. The Morgan fingerprint density at radius 2 is 2.29 bits per heavy atom. The zero-order valence-electron chi connectivity index (χ0n) is 12.8. The minimum absolute atomic E-state index is 0.227. The molecule has 2 aromatic heterocycles. The third-order valence-electron chi connectivity index (χ3n) is 4.43. The van der Waals surface area contributed by atoms with Crippen LogP contribution in [-0.4, -0.2) is 27.1 Å². The first-order chi connectivity index (χ1) is 10.1. The van der Waals surface area contributed by atoms with E-state index >= 15 is 0 Å². The summed E-state index contributed by atoms with van der Waals surface area (Å²) < 4.78 is 1.86. The standard InChI is InChI=1S/C16H21N3OS/c1-11-13(12(2)18(3)17-11)10-16(20)19-8-4-6-14(19)15-7-5-9-21-15/h5,7,9,14H,4,6,8,10H2,1-3H3/t14-/m1/s1. The number of nitrogens with zero attached hydrogens (tertiary/aromatic N) is 3. The van der Waals surface area contributed by atoms with Crippen molar-refractivity contribution in [3.05, 3.63) is 39.3 Å². The maximum atomic E-state index is 12.7. The van der Waals surface area contributed by atoms with Crippen molar-refractivity contribution in [2.45, 2.75) is 39.2 Å². The Morgan fingerprint density at radius 1 is 1.48 bits per heavy atom. The first kappa shape index (κ1) is 14.3. The molecule has 21 heavy (non-hydrogen) atoms. The van der Waals surface area contributed by atoms with Gasteiger partial charge in [-0.1, -0.05) is 6.07 Å². The molecule has 1 atom stereocenters. The fraction of sp³-hybridized carbons (Fsp3) is 0.500. The van der Waals surface area contributed by atoms with Gasteiger partial charge in [-0.05, 0) is 38.1 Å². The van der Waals surface area contributed by atoms with Crippen molar-refractivity contribution in [3.8, 4) is 0 Å². The number of amides is 1. The van der Waals surface area contributed by atoms with E-state index in [-0.39, 0.29) is 11.9 Å². The zero-order chi connectivity index (χ0) is 15.0. The van der Waals surface area contributed by atoms with Gasteiger partial charge in [-0.2, -0.15) is 5.10 Å². The van der Waals surface area contributed by atoms with Crippen molar-refractivity contribution in [1.82, 2.24) is 14.7 Å². The molecule has 0 unspecified atom stereocenters. The maximum Gasteiger partial charge on any atom is 0.227 e. The number of thiophene rings is 1. The predicted molar refractivity (Wildman–Crippen MR) is 84.4 cm³/mol. The number of aryl methyl sites for hydroxylation is 2. The van der Waals surface area contributed by atoms with Gasteiger partial charge in [0.1, 0.15) is 0 Å². The van der Waals surface area contributed by atoms with Gasteiger partial charge in [0.25, 0.3) is 0 Å². The molecule has 1 saturated heterocycles. The van der Waals surface area contributed by atoms with Crippen molar-refractivity contribution in [2.24, 2.45) is 7.05 Å². The molecular weight excluding hydrogens is 282 g/mol. The minimum atomic E-state index is 0.227. The average Bonchev–Trinajstić information content (AvgIpc) is 3.15. The molecule has 0 spiro atoms. The number of aromatic nitrogens is 2. The summed E-state index contributed by atoms with van der Waals surface area (Å²) in [4.78, 5) is 16.1. The van der Waals surface area contributed by atoms with Gasteiger partial charge in [0, 0.05) is 29.7 Å². The molecule has 112 valence electrons. The highest BCUT2D eigenvalue weighted by Crippen LogP contribution is 2.35. The van der Waals surface area contributed by atoms with E-state index in [1.54, 1.807) is 11.3 Å². The zero-order valence-corrected chi connectivity index (χ0v) is 13.6. The monoisotopic (exact) mass is 303 g/mol. The van der Waals surface area contributed by atoms with Gasteiger partial charge in [-0.3, -0.25) is 9.48 Å². The Balaban J connectivity index is 1.79. The van der Waals surface area contributed by atoms with E-state index in [1.165, 1.54) is 4.88 Å². The van der Waals surface area contributed by atoms with Gasteiger partial charge in [-0.25, -0.2) is 0 Å². The molecule has 0 aliphatic carbocycles. The number of rotatable bonds is 3. The molecule has 5 heteroatoms. The highest BCUT2D eigenvalue weighted by molar-refractivity contribution is 7.10. The van der Waals surface area contributed by atoms with Gasteiger partial charge in [0.05, 0.1) is 18.2 Å². The second kappa shape index (κ2) is 5.64. The molecule has 1 fully saturated rings. The van der Waals surface area contributed by atoms with Crippen LogP contribution in [-0.2, 0) is 18.3 Å². The minimum Gasteiger partial charge on any atom is -0.335 e. The van der Waals surface area contributed by atoms with Crippen LogP contribution in [0.3, 0.4) is 0 Å². The largest absolute Gasteiger partial charge is 0.335 e.